The minimum absolute atomic E-state index is 0.0306. The van der Waals surface area contributed by atoms with Crippen LogP contribution in [0.25, 0.3) is 0 Å². The van der Waals surface area contributed by atoms with E-state index in [0.717, 1.165) is 0 Å². The standard InChI is InChI=1S/C6H4O4/c7-3-1-6(10,5-9)2-4-8/h1-2,5,10H. The molecule has 0 fully saturated rings. The van der Waals surface area contributed by atoms with Gasteiger partial charge in [-0.25, -0.2) is 9.59 Å². The average Bonchev–Trinajstić information content (AvgIpc) is 1.89. The first-order chi connectivity index (χ1) is 4.68. The molecule has 0 aliphatic heterocycles. The second kappa shape index (κ2) is 3.54. The number of carbonyl (C=O) groups is 1. The molecule has 0 aliphatic rings. The summed E-state index contributed by atoms with van der Waals surface area (Å²) in [6.07, 6.45) is 1.07. The Morgan fingerprint density at radius 2 is 1.60 bits per heavy atom. The molecule has 0 amide bonds. The van der Waals surface area contributed by atoms with Gasteiger partial charge in [0, 0.05) is 12.2 Å². The monoisotopic (exact) mass is 140 g/mol. The second-order valence-electron chi connectivity index (χ2n) is 1.53. The van der Waals surface area contributed by atoms with Crippen molar-refractivity contribution in [2.75, 3.05) is 0 Å². The van der Waals surface area contributed by atoms with Gasteiger partial charge in [0.15, 0.2) is 11.9 Å². The molecule has 0 aromatic rings. The van der Waals surface area contributed by atoms with Crippen LogP contribution in [0.1, 0.15) is 0 Å². The molecule has 0 radical (unpaired) electrons. The van der Waals surface area contributed by atoms with Gasteiger partial charge in [0.05, 0.1) is 0 Å². The second-order valence-corrected chi connectivity index (χ2v) is 1.53. The van der Waals surface area contributed by atoms with Crippen molar-refractivity contribution in [2.24, 2.45) is 0 Å². The van der Waals surface area contributed by atoms with Crippen LogP contribution < -0.4 is 0 Å². The molecule has 0 saturated heterocycles. The smallest absolute Gasteiger partial charge is 0.177 e. The Balaban J connectivity index is 4.69. The Labute approximate surface area is 56.5 Å². The third-order valence-corrected chi connectivity index (χ3v) is 0.769. The number of aliphatic hydroxyl groups is 1. The predicted octanol–water partition coefficient (Wildman–Crippen LogP) is -1.31. The van der Waals surface area contributed by atoms with E-state index < -0.39 is 5.60 Å². The Hall–Kier alpha value is -1.47. The normalized spacial score (nSPS) is 13.7. The van der Waals surface area contributed by atoms with Crippen molar-refractivity contribution < 1.29 is 19.5 Å². The lowest BCUT2D eigenvalue weighted by atomic mass is 10.1. The molecular formula is C6H4O4. The van der Waals surface area contributed by atoms with Crippen molar-refractivity contribution in [1.29, 1.82) is 0 Å². The van der Waals surface area contributed by atoms with Gasteiger partial charge >= 0.3 is 0 Å². The first-order valence-corrected chi connectivity index (χ1v) is 2.31. The maximum Gasteiger partial charge on any atom is 0.177 e. The Morgan fingerprint density at radius 1 is 1.20 bits per heavy atom. The molecule has 1 N–H and O–H groups in total. The fraction of sp³-hybridized carbons (Fsp3) is 0.167. The van der Waals surface area contributed by atoms with Crippen LogP contribution in [-0.4, -0.2) is 28.9 Å². The summed E-state index contributed by atoms with van der Waals surface area (Å²) in [5.41, 5.74) is -2.14. The van der Waals surface area contributed by atoms with Gasteiger partial charge in [-0.1, -0.05) is 0 Å². The van der Waals surface area contributed by atoms with Gasteiger partial charge in [0.1, 0.15) is 11.9 Å². The molecular weight excluding hydrogens is 136 g/mol. The summed E-state index contributed by atoms with van der Waals surface area (Å²) >= 11 is 0. The summed E-state index contributed by atoms with van der Waals surface area (Å²) in [6.45, 7) is 0. The maximum atomic E-state index is 9.94. The van der Waals surface area contributed by atoms with Crippen molar-refractivity contribution in [2.45, 2.75) is 5.60 Å². The molecule has 4 nitrogen and oxygen atoms in total. The fourth-order valence-electron chi connectivity index (χ4n) is 0.298. The summed E-state index contributed by atoms with van der Waals surface area (Å²) in [5.74, 6) is 2.36. The molecule has 0 unspecified atom stereocenters. The van der Waals surface area contributed by atoms with Gasteiger partial charge in [-0.3, -0.25) is 4.79 Å². The molecule has 10 heavy (non-hydrogen) atoms. The van der Waals surface area contributed by atoms with Gasteiger partial charge in [-0.05, 0) is 0 Å². The predicted molar refractivity (Wildman–Crippen MR) is 31.5 cm³/mol. The molecule has 0 aromatic heterocycles. The molecule has 0 saturated carbocycles. The number of rotatable bonds is 3. The van der Waals surface area contributed by atoms with Crippen LogP contribution in [0.5, 0.6) is 0 Å². The minimum Gasteiger partial charge on any atom is -0.373 e. The van der Waals surface area contributed by atoms with Gasteiger partial charge < -0.3 is 5.11 Å². The third-order valence-electron chi connectivity index (χ3n) is 0.769. The van der Waals surface area contributed by atoms with E-state index in [9.17, 15) is 14.4 Å². The lowest BCUT2D eigenvalue weighted by molar-refractivity contribution is -0.116. The highest BCUT2D eigenvalue weighted by atomic mass is 16.3. The Morgan fingerprint density at radius 3 is 1.80 bits per heavy atom. The summed E-state index contributed by atoms with van der Waals surface area (Å²) < 4.78 is 0. The van der Waals surface area contributed by atoms with E-state index in [1.807, 2.05) is 0 Å². The molecule has 0 rings (SSSR count). The molecule has 4 heteroatoms. The highest BCUT2D eigenvalue weighted by Crippen LogP contribution is 1.99. The lowest BCUT2D eigenvalue weighted by Gasteiger charge is -2.04. The van der Waals surface area contributed by atoms with E-state index in [1.165, 1.54) is 11.9 Å². The van der Waals surface area contributed by atoms with Crippen molar-refractivity contribution in [3.05, 3.63) is 12.2 Å². The maximum absolute atomic E-state index is 9.94. The molecule has 0 aromatic carbocycles. The third kappa shape index (κ3) is 2.20. The largest absolute Gasteiger partial charge is 0.373 e. The van der Waals surface area contributed by atoms with Crippen molar-refractivity contribution in [1.82, 2.24) is 0 Å². The Kier molecular flexibility index (Phi) is 3.02. The van der Waals surface area contributed by atoms with Crippen LogP contribution in [0.2, 0.25) is 0 Å². The SMILES string of the molecule is O=C=CC(O)(C=O)C=C=O. The van der Waals surface area contributed by atoms with Crippen LogP contribution in [0.4, 0.5) is 0 Å². The zero-order valence-corrected chi connectivity index (χ0v) is 4.90. The van der Waals surface area contributed by atoms with Crippen LogP contribution in [-0.2, 0) is 14.4 Å². The minimum atomic E-state index is -2.14. The molecule has 0 atom stereocenters. The van der Waals surface area contributed by atoms with E-state index in [4.69, 9.17) is 5.11 Å². The first-order valence-electron chi connectivity index (χ1n) is 2.31. The first kappa shape index (κ1) is 8.53. The van der Waals surface area contributed by atoms with Gasteiger partial charge in [0.25, 0.3) is 0 Å². The van der Waals surface area contributed by atoms with E-state index in [0.29, 0.717) is 12.2 Å². The van der Waals surface area contributed by atoms with Crippen molar-refractivity contribution in [3.63, 3.8) is 0 Å². The van der Waals surface area contributed by atoms with Crippen LogP contribution in [0.15, 0.2) is 12.2 Å². The number of carbonyl (C=O) groups excluding carboxylic acids is 3. The highest BCUT2D eigenvalue weighted by Gasteiger charge is 2.19. The van der Waals surface area contributed by atoms with Gasteiger partial charge in [-0.2, -0.15) is 0 Å². The zero-order chi connectivity index (χ0) is 8.04. The highest BCUT2D eigenvalue weighted by molar-refractivity contribution is 5.77. The topological polar surface area (TPSA) is 71.4 Å². The molecule has 52 valence electrons. The van der Waals surface area contributed by atoms with Crippen molar-refractivity contribution >= 4 is 18.2 Å². The summed E-state index contributed by atoms with van der Waals surface area (Å²) in [5, 5.41) is 8.82. The van der Waals surface area contributed by atoms with E-state index in [2.05, 4.69) is 0 Å². The van der Waals surface area contributed by atoms with Crippen LogP contribution >= 0.6 is 0 Å². The van der Waals surface area contributed by atoms with Crippen LogP contribution in [0, 0.1) is 0 Å². The quantitative estimate of drug-likeness (QED) is 0.390. The van der Waals surface area contributed by atoms with E-state index >= 15 is 0 Å². The molecule has 0 aliphatic carbocycles. The average molecular weight is 140 g/mol. The Bertz CT molecular complexity index is 200. The fourth-order valence-corrected chi connectivity index (χ4v) is 0.298. The zero-order valence-electron chi connectivity index (χ0n) is 4.90. The summed E-state index contributed by atoms with van der Waals surface area (Å²) in [6, 6.07) is 0. The van der Waals surface area contributed by atoms with Gasteiger partial charge in [0.2, 0.25) is 0 Å². The summed E-state index contributed by atoms with van der Waals surface area (Å²) in [7, 11) is 0. The number of aldehydes is 1. The molecule has 0 bridgehead atoms. The molecule has 0 heterocycles. The molecule has 0 spiro atoms. The van der Waals surface area contributed by atoms with E-state index in [1.54, 1.807) is 0 Å². The summed E-state index contributed by atoms with van der Waals surface area (Å²) in [4.78, 5) is 29.1. The van der Waals surface area contributed by atoms with Crippen molar-refractivity contribution in [3.8, 4) is 0 Å². The van der Waals surface area contributed by atoms with Crippen LogP contribution in [0.3, 0.4) is 0 Å². The number of hydrogen-bond donors (Lipinski definition) is 1. The van der Waals surface area contributed by atoms with Gasteiger partial charge in [-0.15, -0.1) is 0 Å². The number of hydrogen-bond acceptors (Lipinski definition) is 4. The lowest BCUT2D eigenvalue weighted by Crippen LogP contribution is -2.24. The van der Waals surface area contributed by atoms with E-state index in [-0.39, 0.29) is 6.29 Å².